The zero-order valence-corrected chi connectivity index (χ0v) is 17.7. The van der Waals surface area contributed by atoms with E-state index in [0.717, 1.165) is 42.7 Å². The fraction of sp³-hybridized carbons (Fsp3) is 0.375. The molecule has 0 radical (unpaired) electrons. The van der Waals surface area contributed by atoms with Crippen LogP contribution in [0.1, 0.15) is 18.4 Å². The second-order valence-electron chi connectivity index (χ2n) is 7.89. The molecule has 0 bridgehead atoms. The highest BCUT2D eigenvalue weighted by Gasteiger charge is 2.26. The molecule has 0 spiro atoms. The smallest absolute Gasteiger partial charge is 0.344 e. The van der Waals surface area contributed by atoms with Crippen molar-refractivity contribution in [2.75, 3.05) is 34.1 Å². The Bertz CT molecular complexity index is 1160. The Morgan fingerprint density at radius 2 is 2.00 bits per heavy atom. The van der Waals surface area contributed by atoms with Gasteiger partial charge in [-0.05, 0) is 43.2 Å². The number of hydrogen-bond donors (Lipinski definition) is 0. The van der Waals surface area contributed by atoms with Crippen LogP contribution >= 0.6 is 0 Å². The van der Waals surface area contributed by atoms with Crippen molar-refractivity contribution in [3.05, 3.63) is 52.4 Å². The molecule has 7 nitrogen and oxygen atoms in total. The Kier molecular flexibility index (Phi) is 5.29. The van der Waals surface area contributed by atoms with E-state index in [0.29, 0.717) is 41.5 Å². The number of fused-ring (bicyclic) bond motifs is 3. The standard InChI is InChI=1S/C24H25NO6/c1-27-16-6-7-18(22(11-16)28-2)19-10-15-5-8-21-20(23(15)31-24(19)26)13-25(14-30-21)12-17-4-3-9-29-17/h5-8,10-11,17H,3-4,9,12-14H2,1-2H3. The van der Waals surface area contributed by atoms with Crippen molar-refractivity contribution < 1.29 is 23.4 Å². The minimum atomic E-state index is -0.416. The maximum absolute atomic E-state index is 13.0. The summed E-state index contributed by atoms with van der Waals surface area (Å²) in [5, 5.41) is 0.841. The lowest BCUT2D eigenvalue weighted by atomic mass is 10.0. The first kappa shape index (κ1) is 19.9. The largest absolute Gasteiger partial charge is 0.497 e. The predicted molar refractivity (Wildman–Crippen MR) is 116 cm³/mol. The van der Waals surface area contributed by atoms with Gasteiger partial charge in [0.05, 0.1) is 31.5 Å². The SMILES string of the molecule is COc1ccc(-c2cc3ccc4c(c3oc2=O)CN(CC2CCCO2)CO4)c(OC)c1. The van der Waals surface area contributed by atoms with Crippen molar-refractivity contribution in [2.45, 2.75) is 25.5 Å². The minimum absolute atomic E-state index is 0.237. The lowest BCUT2D eigenvalue weighted by Gasteiger charge is -2.30. The Morgan fingerprint density at radius 3 is 2.77 bits per heavy atom. The highest BCUT2D eigenvalue weighted by atomic mass is 16.5. The van der Waals surface area contributed by atoms with E-state index in [1.54, 1.807) is 32.4 Å². The van der Waals surface area contributed by atoms with Crippen LogP contribution in [0.15, 0.2) is 45.6 Å². The third-order valence-electron chi connectivity index (χ3n) is 5.93. The number of ether oxygens (including phenoxy) is 4. The van der Waals surface area contributed by atoms with E-state index in [-0.39, 0.29) is 6.10 Å². The molecule has 0 N–H and O–H groups in total. The van der Waals surface area contributed by atoms with Crippen LogP contribution in [0.25, 0.3) is 22.1 Å². The van der Waals surface area contributed by atoms with E-state index < -0.39 is 5.63 Å². The molecule has 2 aliphatic rings. The van der Waals surface area contributed by atoms with Gasteiger partial charge in [-0.15, -0.1) is 0 Å². The third-order valence-corrected chi connectivity index (χ3v) is 5.93. The van der Waals surface area contributed by atoms with Crippen LogP contribution in [0.5, 0.6) is 17.2 Å². The summed E-state index contributed by atoms with van der Waals surface area (Å²) >= 11 is 0. The summed E-state index contributed by atoms with van der Waals surface area (Å²) < 4.78 is 28.3. The van der Waals surface area contributed by atoms with E-state index >= 15 is 0 Å². The zero-order valence-electron chi connectivity index (χ0n) is 17.7. The molecule has 162 valence electrons. The maximum atomic E-state index is 13.0. The van der Waals surface area contributed by atoms with E-state index in [4.69, 9.17) is 23.4 Å². The fourth-order valence-electron chi connectivity index (χ4n) is 4.34. The van der Waals surface area contributed by atoms with Crippen molar-refractivity contribution in [1.29, 1.82) is 0 Å². The second-order valence-corrected chi connectivity index (χ2v) is 7.89. The Labute approximate surface area is 180 Å². The summed E-state index contributed by atoms with van der Waals surface area (Å²) in [5.74, 6) is 1.97. The first-order valence-corrected chi connectivity index (χ1v) is 10.4. The van der Waals surface area contributed by atoms with Gasteiger partial charge < -0.3 is 23.4 Å². The van der Waals surface area contributed by atoms with Gasteiger partial charge in [0.1, 0.15) is 29.6 Å². The minimum Gasteiger partial charge on any atom is -0.497 e. The molecule has 2 aliphatic heterocycles. The van der Waals surface area contributed by atoms with Crippen LogP contribution in [0.3, 0.4) is 0 Å². The summed E-state index contributed by atoms with van der Waals surface area (Å²) in [5.41, 5.74) is 2.15. The first-order valence-electron chi connectivity index (χ1n) is 10.4. The van der Waals surface area contributed by atoms with Crippen LogP contribution in [0, 0.1) is 0 Å². The third kappa shape index (κ3) is 3.75. The molecule has 0 aliphatic carbocycles. The van der Waals surface area contributed by atoms with E-state index in [9.17, 15) is 4.79 Å². The Morgan fingerprint density at radius 1 is 1.10 bits per heavy atom. The van der Waals surface area contributed by atoms with Crippen molar-refractivity contribution >= 4 is 11.0 Å². The fourth-order valence-corrected chi connectivity index (χ4v) is 4.34. The molecular formula is C24H25NO6. The number of methoxy groups -OCH3 is 2. The van der Waals surface area contributed by atoms with Gasteiger partial charge in [0.2, 0.25) is 0 Å². The first-order chi connectivity index (χ1) is 15.2. The predicted octanol–water partition coefficient (Wildman–Crippen LogP) is 3.81. The van der Waals surface area contributed by atoms with Gasteiger partial charge in [-0.25, -0.2) is 4.79 Å². The Hall–Kier alpha value is -3.03. The van der Waals surface area contributed by atoms with Crippen molar-refractivity contribution in [3.63, 3.8) is 0 Å². The molecule has 2 aromatic carbocycles. The summed E-state index contributed by atoms with van der Waals surface area (Å²) in [6, 6.07) is 11.1. The molecule has 5 rings (SSSR count). The highest BCUT2D eigenvalue weighted by Crippen LogP contribution is 2.36. The average molecular weight is 423 g/mol. The van der Waals surface area contributed by atoms with E-state index in [1.807, 2.05) is 18.2 Å². The van der Waals surface area contributed by atoms with Gasteiger partial charge in [-0.1, -0.05) is 0 Å². The summed E-state index contributed by atoms with van der Waals surface area (Å²) in [6.07, 6.45) is 2.41. The molecule has 31 heavy (non-hydrogen) atoms. The summed E-state index contributed by atoms with van der Waals surface area (Å²) in [4.78, 5) is 15.2. The van der Waals surface area contributed by atoms with Gasteiger partial charge in [-0.2, -0.15) is 0 Å². The molecule has 0 saturated carbocycles. The molecular weight excluding hydrogens is 398 g/mol. The number of hydrogen-bond acceptors (Lipinski definition) is 7. The number of rotatable bonds is 5. The van der Waals surface area contributed by atoms with Crippen LogP contribution in [0.4, 0.5) is 0 Å². The molecule has 1 saturated heterocycles. The molecule has 3 aromatic rings. The van der Waals surface area contributed by atoms with Crippen molar-refractivity contribution in [3.8, 4) is 28.4 Å². The topological polar surface area (TPSA) is 70.4 Å². The lowest BCUT2D eigenvalue weighted by molar-refractivity contribution is 0.0281. The second kappa shape index (κ2) is 8.24. The van der Waals surface area contributed by atoms with Gasteiger partial charge >= 0.3 is 5.63 Å². The van der Waals surface area contributed by atoms with Crippen molar-refractivity contribution in [2.24, 2.45) is 0 Å². The van der Waals surface area contributed by atoms with Gasteiger partial charge in [-0.3, -0.25) is 4.90 Å². The summed E-state index contributed by atoms with van der Waals surface area (Å²) in [6.45, 7) is 2.79. The number of benzene rings is 2. The molecule has 1 fully saturated rings. The molecule has 1 aromatic heterocycles. The normalized spacial score (nSPS) is 18.6. The van der Waals surface area contributed by atoms with Crippen LogP contribution in [-0.2, 0) is 11.3 Å². The quantitative estimate of drug-likeness (QED) is 0.578. The molecule has 3 heterocycles. The molecule has 1 unspecified atom stereocenters. The molecule has 0 amide bonds. The van der Waals surface area contributed by atoms with E-state index in [2.05, 4.69) is 4.90 Å². The maximum Gasteiger partial charge on any atom is 0.344 e. The van der Waals surface area contributed by atoms with Crippen LogP contribution in [0.2, 0.25) is 0 Å². The van der Waals surface area contributed by atoms with Crippen molar-refractivity contribution in [1.82, 2.24) is 4.90 Å². The number of nitrogens with zero attached hydrogens (tertiary/aromatic N) is 1. The van der Waals surface area contributed by atoms with Crippen LogP contribution in [-0.4, -0.2) is 45.1 Å². The lowest BCUT2D eigenvalue weighted by Crippen LogP contribution is -2.37. The molecule has 7 heteroatoms. The average Bonchev–Trinajstić information content (AvgIpc) is 3.31. The summed E-state index contributed by atoms with van der Waals surface area (Å²) in [7, 11) is 3.16. The van der Waals surface area contributed by atoms with Gasteiger partial charge in [0, 0.05) is 36.7 Å². The Balaban J connectivity index is 1.53. The molecule has 1 atom stereocenters. The highest BCUT2D eigenvalue weighted by molar-refractivity contribution is 5.87. The van der Waals surface area contributed by atoms with Gasteiger partial charge in [0.15, 0.2) is 0 Å². The van der Waals surface area contributed by atoms with Crippen LogP contribution < -0.4 is 19.8 Å². The zero-order chi connectivity index (χ0) is 21.4. The monoisotopic (exact) mass is 423 g/mol. The van der Waals surface area contributed by atoms with E-state index in [1.165, 1.54) is 0 Å². The van der Waals surface area contributed by atoms with Gasteiger partial charge in [0.25, 0.3) is 0 Å².